The van der Waals surface area contributed by atoms with E-state index in [1.54, 1.807) is 19.3 Å². The van der Waals surface area contributed by atoms with E-state index in [4.69, 9.17) is 9.90 Å². The molecule has 2 aliphatic rings. The molecule has 1 N–H and O–H groups in total. The number of carbonyl (C=O) groups excluding carboxylic acids is 1. The van der Waals surface area contributed by atoms with Crippen molar-refractivity contribution in [1.82, 2.24) is 9.47 Å². The lowest BCUT2D eigenvalue weighted by Crippen LogP contribution is -2.67. The lowest BCUT2D eigenvalue weighted by molar-refractivity contribution is -0.192. The van der Waals surface area contributed by atoms with Crippen LogP contribution in [0.1, 0.15) is 18.4 Å². The van der Waals surface area contributed by atoms with Crippen molar-refractivity contribution in [3.8, 4) is 0 Å². The number of β-lactam (4-membered cyclic amide) rings is 1. The van der Waals surface area contributed by atoms with Crippen molar-refractivity contribution >= 4 is 17.6 Å². The molecule has 10 heteroatoms. The van der Waals surface area contributed by atoms with Crippen molar-refractivity contribution in [1.29, 1.82) is 0 Å². The van der Waals surface area contributed by atoms with Gasteiger partial charge in [-0.1, -0.05) is 30.3 Å². The van der Waals surface area contributed by atoms with E-state index in [2.05, 4.69) is 29.2 Å². The zero-order valence-corrected chi connectivity index (χ0v) is 18.2. The maximum atomic E-state index is 13.0. The second kappa shape index (κ2) is 9.78. The number of aryl methyl sites for hydroxylation is 1. The summed E-state index contributed by atoms with van der Waals surface area (Å²) in [6, 6.07) is 13.8. The number of carbonyl (C=O) groups is 2. The normalized spacial score (nSPS) is 20.7. The van der Waals surface area contributed by atoms with Gasteiger partial charge in [-0.05, 0) is 37.4 Å². The fourth-order valence-electron chi connectivity index (χ4n) is 4.24. The molecule has 1 aromatic carbocycles. The highest BCUT2D eigenvalue weighted by atomic mass is 19.4. The van der Waals surface area contributed by atoms with Crippen LogP contribution < -0.4 is 10.5 Å². The SMILES string of the molecule is Cn1cc(N2CC3(CCCN(CCc4ccccc4)C3)C2=O)ccc1=O.O=C(O)C(F)(F)F. The third-order valence-corrected chi connectivity index (χ3v) is 6.00. The molecule has 0 bridgehead atoms. The van der Waals surface area contributed by atoms with Crippen molar-refractivity contribution in [3.05, 3.63) is 64.6 Å². The largest absolute Gasteiger partial charge is 0.490 e. The highest BCUT2D eigenvalue weighted by molar-refractivity contribution is 6.04. The van der Waals surface area contributed by atoms with E-state index < -0.39 is 12.1 Å². The van der Waals surface area contributed by atoms with Crippen LogP contribution in [0, 0.1) is 5.41 Å². The summed E-state index contributed by atoms with van der Waals surface area (Å²) in [6.45, 7) is 3.67. The van der Waals surface area contributed by atoms with E-state index in [0.29, 0.717) is 0 Å². The molecule has 0 radical (unpaired) electrons. The summed E-state index contributed by atoms with van der Waals surface area (Å²) in [5.41, 5.74) is 1.88. The van der Waals surface area contributed by atoms with Crippen molar-refractivity contribution in [2.75, 3.05) is 31.1 Å². The molecule has 2 fully saturated rings. The molecule has 7 nitrogen and oxygen atoms in total. The molecule has 1 amide bonds. The second-order valence-corrected chi connectivity index (χ2v) is 8.43. The first-order chi connectivity index (χ1) is 15.5. The lowest BCUT2D eigenvalue weighted by atomic mass is 9.72. The molecule has 2 saturated heterocycles. The number of aromatic nitrogens is 1. The summed E-state index contributed by atoms with van der Waals surface area (Å²) >= 11 is 0. The van der Waals surface area contributed by atoms with Gasteiger partial charge in [0.2, 0.25) is 11.5 Å². The van der Waals surface area contributed by atoms with E-state index in [9.17, 15) is 22.8 Å². The number of hydrogen-bond acceptors (Lipinski definition) is 4. The number of carboxylic acid groups (broad SMARTS) is 1. The highest BCUT2D eigenvalue weighted by Crippen LogP contribution is 2.42. The zero-order chi connectivity index (χ0) is 24.2. The number of hydrogen-bond donors (Lipinski definition) is 1. The average molecular weight is 465 g/mol. The van der Waals surface area contributed by atoms with E-state index in [1.807, 2.05) is 11.0 Å². The Labute approximate surface area is 189 Å². The zero-order valence-electron chi connectivity index (χ0n) is 18.2. The highest BCUT2D eigenvalue weighted by Gasteiger charge is 2.54. The number of halogens is 3. The van der Waals surface area contributed by atoms with Gasteiger partial charge >= 0.3 is 12.1 Å². The van der Waals surface area contributed by atoms with E-state index >= 15 is 0 Å². The molecular weight excluding hydrogens is 439 g/mol. The van der Waals surface area contributed by atoms with Crippen molar-refractivity contribution in [2.45, 2.75) is 25.4 Å². The number of aliphatic carboxylic acids is 1. The van der Waals surface area contributed by atoms with E-state index in [1.165, 1.54) is 16.2 Å². The number of likely N-dealkylation sites (tertiary alicyclic amines) is 1. The van der Waals surface area contributed by atoms with Gasteiger partial charge in [0.1, 0.15) is 0 Å². The minimum atomic E-state index is -5.08. The first-order valence-corrected chi connectivity index (χ1v) is 10.6. The number of alkyl halides is 3. The number of rotatable bonds is 4. The lowest BCUT2D eigenvalue weighted by Gasteiger charge is -2.53. The minimum absolute atomic E-state index is 0.0545. The van der Waals surface area contributed by atoms with Gasteiger partial charge in [0.25, 0.3) is 0 Å². The van der Waals surface area contributed by atoms with Crippen LogP contribution in [-0.2, 0) is 23.1 Å². The summed E-state index contributed by atoms with van der Waals surface area (Å²) < 4.78 is 33.3. The predicted molar refractivity (Wildman–Crippen MR) is 116 cm³/mol. The van der Waals surface area contributed by atoms with Crippen LogP contribution in [0.2, 0.25) is 0 Å². The molecule has 33 heavy (non-hydrogen) atoms. The number of amides is 1. The number of anilines is 1. The molecule has 2 aromatic rings. The Morgan fingerprint density at radius 1 is 1.09 bits per heavy atom. The maximum absolute atomic E-state index is 13.0. The molecule has 3 heterocycles. The van der Waals surface area contributed by atoms with Crippen LogP contribution >= 0.6 is 0 Å². The van der Waals surface area contributed by atoms with Gasteiger partial charge in [0.15, 0.2) is 0 Å². The quantitative estimate of drug-likeness (QED) is 0.703. The number of nitrogens with zero attached hydrogens (tertiary/aromatic N) is 3. The Kier molecular flexibility index (Phi) is 7.26. The van der Waals surface area contributed by atoms with Crippen LogP contribution in [0.5, 0.6) is 0 Å². The summed E-state index contributed by atoms with van der Waals surface area (Å²) in [5.74, 6) is -2.55. The van der Waals surface area contributed by atoms with Gasteiger partial charge < -0.3 is 19.5 Å². The fourth-order valence-corrected chi connectivity index (χ4v) is 4.24. The van der Waals surface area contributed by atoms with Gasteiger partial charge in [0, 0.05) is 38.9 Å². The van der Waals surface area contributed by atoms with Gasteiger partial charge in [-0.3, -0.25) is 9.59 Å². The molecule has 1 unspecified atom stereocenters. The number of benzene rings is 1. The fraction of sp³-hybridized carbons (Fsp3) is 0.435. The molecule has 0 saturated carbocycles. The molecular formula is C23H26F3N3O4. The number of pyridine rings is 1. The van der Waals surface area contributed by atoms with Crippen molar-refractivity contribution in [3.63, 3.8) is 0 Å². The Morgan fingerprint density at radius 2 is 1.76 bits per heavy atom. The monoisotopic (exact) mass is 465 g/mol. The maximum Gasteiger partial charge on any atom is 0.490 e. The topological polar surface area (TPSA) is 82.8 Å². The van der Waals surface area contributed by atoms with Gasteiger partial charge in [-0.15, -0.1) is 0 Å². The van der Waals surface area contributed by atoms with E-state index in [-0.39, 0.29) is 16.9 Å². The Morgan fingerprint density at radius 3 is 2.33 bits per heavy atom. The van der Waals surface area contributed by atoms with Crippen LogP contribution in [0.25, 0.3) is 0 Å². The van der Waals surface area contributed by atoms with Crippen molar-refractivity contribution < 1.29 is 27.9 Å². The van der Waals surface area contributed by atoms with Crippen molar-refractivity contribution in [2.24, 2.45) is 12.5 Å². The predicted octanol–water partition coefficient (Wildman–Crippen LogP) is 2.69. The summed E-state index contributed by atoms with van der Waals surface area (Å²) in [4.78, 5) is 37.7. The van der Waals surface area contributed by atoms with E-state index in [0.717, 1.165) is 51.1 Å². The Bertz CT molecular complexity index is 1050. The first-order valence-electron chi connectivity index (χ1n) is 10.6. The smallest absolute Gasteiger partial charge is 0.475 e. The Balaban J connectivity index is 0.000000383. The number of piperidine rings is 1. The molecule has 1 atom stereocenters. The molecule has 178 valence electrons. The molecule has 4 rings (SSSR count). The van der Waals surface area contributed by atoms with Crippen LogP contribution in [0.4, 0.5) is 18.9 Å². The Hall–Kier alpha value is -3.14. The van der Waals surface area contributed by atoms with Gasteiger partial charge in [0.05, 0.1) is 11.1 Å². The number of carboxylic acids is 1. The minimum Gasteiger partial charge on any atom is -0.475 e. The van der Waals surface area contributed by atoms with Gasteiger partial charge in [-0.25, -0.2) is 4.79 Å². The summed E-state index contributed by atoms with van der Waals surface area (Å²) in [5, 5.41) is 7.12. The molecule has 1 aromatic heterocycles. The molecule has 0 aliphatic carbocycles. The third kappa shape index (κ3) is 5.81. The molecule has 1 spiro atoms. The third-order valence-electron chi connectivity index (χ3n) is 6.00. The van der Waals surface area contributed by atoms with Crippen LogP contribution in [0.15, 0.2) is 53.5 Å². The standard InChI is InChI=1S/C21H25N3O2.C2HF3O2/c1-22-14-18(8-9-19(22)25)24-16-21(20(24)26)11-5-12-23(15-21)13-10-17-6-3-2-4-7-17;3-2(4,5)1(6)7/h2-4,6-9,14H,5,10-13,15-16H2,1H3;(H,6,7). The van der Waals surface area contributed by atoms with Crippen LogP contribution in [-0.4, -0.2) is 58.8 Å². The average Bonchev–Trinajstić information content (AvgIpc) is 2.78. The molecule has 2 aliphatic heterocycles. The van der Waals surface area contributed by atoms with Gasteiger partial charge in [-0.2, -0.15) is 13.2 Å². The van der Waals surface area contributed by atoms with Crippen LogP contribution in [0.3, 0.4) is 0 Å². The first kappa shape index (κ1) is 24.5. The second-order valence-electron chi connectivity index (χ2n) is 8.43. The summed E-state index contributed by atoms with van der Waals surface area (Å²) in [7, 11) is 1.72. The summed E-state index contributed by atoms with van der Waals surface area (Å²) in [6.07, 6.45) is -0.268.